The van der Waals surface area contributed by atoms with Gasteiger partial charge in [0.05, 0.1) is 5.56 Å². The number of carboxylic acid groups (broad SMARTS) is 1. The lowest BCUT2D eigenvalue weighted by Crippen LogP contribution is -2.51. The van der Waals surface area contributed by atoms with Crippen LogP contribution in [0.5, 0.6) is 5.75 Å². The van der Waals surface area contributed by atoms with Crippen molar-refractivity contribution in [3.63, 3.8) is 0 Å². The number of ketones is 1. The Balaban J connectivity index is 1.49. The molecule has 0 unspecified atom stereocenters. The number of rotatable bonds is 3. The van der Waals surface area contributed by atoms with Crippen LogP contribution in [0.1, 0.15) is 39.1 Å². The Hall–Kier alpha value is -3.41. The number of fused-ring (bicyclic) bond motifs is 1. The Labute approximate surface area is 162 Å². The number of likely N-dealkylation sites (tertiary alicyclic amines) is 1. The van der Waals surface area contributed by atoms with E-state index in [9.17, 15) is 14.4 Å². The number of piperidine rings is 1. The van der Waals surface area contributed by atoms with Gasteiger partial charge in [-0.05, 0) is 35.9 Å². The van der Waals surface area contributed by atoms with E-state index in [0.29, 0.717) is 48.4 Å². The Morgan fingerprint density at radius 3 is 2.46 bits per heavy atom. The molecule has 0 aromatic heterocycles. The molecule has 1 amide bonds. The van der Waals surface area contributed by atoms with E-state index in [4.69, 9.17) is 9.84 Å². The second-order valence-corrected chi connectivity index (χ2v) is 7.01. The predicted molar refractivity (Wildman–Crippen MR) is 102 cm³/mol. The largest absolute Gasteiger partial charge is 0.478 e. The van der Waals surface area contributed by atoms with Gasteiger partial charge < -0.3 is 14.7 Å². The lowest BCUT2D eigenvalue weighted by Gasteiger charge is -2.37. The molecule has 0 saturated carbocycles. The molecule has 2 aromatic carbocycles. The maximum atomic E-state index is 13.0. The maximum absolute atomic E-state index is 13.0. The van der Waals surface area contributed by atoms with Crippen molar-refractivity contribution in [2.24, 2.45) is 0 Å². The van der Waals surface area contributed by atoms with Crippen molar-refractivity contribution in [1.82, 2.24) is 4.90 Å². The first kappa shape index (κ1) is 18.0. The molecule has 2 heterocycles. The van der Waals surface area contributed by atoms with Crippen molar-refractivity contribution in [3.05, 3.63) is 71.3 Å². The minimum absolute atomic E-state index is 0.0421. The summed E-state index contributed by atoms with van der Waals surface area (Å²) in [6, 6.07) is 14.2. The van der Waals surface area contributed by atoms with E-state index in [1.54, 1.807) is 35.2 Å². The fourth-order valence-corrected chi connectivity index (χ4v) is 3.75. The van der Waals surface area contributed by atoms with Gasteiger partial charge in [-0.2, -0.15) is 0 Å². The van der Waals surface area contributed by atoms with Gasteiger partial charge in [0.2, 0.25) is 5.78 Å². The summed E-state index contributed by atoms with van der Waals surface area (Å²) < 4.78 is 6.03. The molecule has 0 radical (unpaired) electrons. The molecule has 1 N–H and O–H groups in total. The SMILES string of the molecule is O=C(O)/C=C/c1ccc2c(c1)C(=O)C1(CCN(C(=O)c3ccccc3)CC1)O2. The third kappa shape index (κ3) is 3.17. The molecule has 0 aliphatic carbocycles. The second-order valence-electron chi connectivity index (χ2n) is 7.01. The molecular formula is C22H19NO5. The van der Waals surface area contributed by atoms with E-state index in [1.807, 2.05) is 18.2 Å². The van der Waals surface area contributed by atoms with Crippen LogP contribution < -0.4 is 4.74 Å². The van der Waals surface area contributed by atoms with Crippen LogP contribution >= 0.6 is 0 Å². The summed E-state index contributed by atoms with van der Waals surface area (Å²) >= 11 is 0. The fourth-order valence-electron chi connectivity index (χ4n) is 3.75. The first-order valence-electron chi connectivity index (χ1n) is 9.12. The highest BCUT2D eigenvalue weighted by Crippen LogP contribution is 2.41. The topological polar surface area (TPSA) is 83.9 Å². The average molecular weight is 377 g/mol. The van der Waals surface area contributed by atoms with E-state index in [1.165, 1.54) is 6.08 Å². The molecule has 0 atom stereocenters. The molecule has 2 aliphatic rings. The molecule has 6 nitrogen and oxygen atoms in total. The second kappa shape index (κ2) is 6.96. The maximum Gasteiger partial charge on any atom is 0.328 e. The molecule has 6 heteroatoms. The van der Waals surface area contributed by atoms with Gasteiger partial charge >= 0.3 is 5.97 Å². The number of benzene rings is 2. The quantitative estimate of drug-likeness (QED) is 0.831. The van der Waals surface area contributed by atoms with Crippen molar-refractivity contribution in [1.29, 1.82) is 0 Å². The van der Waals surface area contributed by atoms with Crippen LogP contribution in [-0.2, 0) is 4.79 Å². The number of hydrogen-bond acceptors (Lipinski definition) is 4. The normalized spacial score (nSPS) is 17.6. The molecule has 1 saturated heterocycles. The number of aliphatic carboxylic acids is 1. The van der Waals surface area contributed by atoms with Gasteiger partial charge in [-0.3, -0.25) is 9.59 Å². The lowest BCUT2D eigenvalue weighted by molar-refractivity contribution is -0.131. The highest BCUT2D eigenvalue weighted by Gasteiger charge is 2.50. The van der Waals surface area contributed by atoms with Gasteiger partial charge in [-0.1, -0.05) is 24.3 Å². The zero-order valence-electron chi connectivity index (χ0n) is 15.1. The number of ether oxygens (including phenoxy) is 1. The van der Waals surface area contributed by atoms with Gasteiger partial charge in [0.1, 0.15) is 5.75 Å². The summed E-state index contributed by atoms with van der Waals surface area (Å²) in [5.74, 6) is -0.672. The van der Waals surface area contributed by atoms with Crippen LogP contribution in [0.4, 0.5) is 0 Å². The molecule has 1 spiro atoms. The monoisotopic (exact) mass is 377 g/mol. The molecule has 2 aromatic rings. The minimum Gasteiger partial charge on any atom is -0.478 e. The smallest absolute Gasteiger partial charge is 0.328 e. The van der Waals surface area contributed by atoms with Gasteiger partial charge in [0.15, 0.2) is 5.60 Å². The summed E-state index contributed by atoms with van der Waals surface area (Å²) in [5.41, 5.74) is 0.794. The van der Waals surface area contributed by atoms with Crippen LogP contribution in [0.15, 0.2) is 54.6 Å². The van der Waals surface area contributed by atoms with E-state index < -0.39 is 11.6 Å². The van der Waals surface area contributed by atoms with E-state index >= 15 is 0 Å². The van der Waals surface area contributed by atoms with Gasteiger partial charge in [-0.15, -0.1) is 0 Å². The van der Waals surface area contributed by atoms with E-state index in [2.05, 4.69) is 0 Å². The molecule has 0 bridgehead atoms. The summed E-state index contributed by atoms with van der Waals surface area (Å²) in [6.07, 6.45) is 3.34. The molecular weight excluding hydrogens is 358 g/mol. The molecule has 4 rings (SSSR count). The summed E-state index contributed by atoms with van der Waals surface area (Å²) in [5, 5.41) is 8.76. The van der Waals surface area contributed by atoms with Crippen LogP contribution in [0, 0.1) is 0 Å². The van der Waals surface area contributed by atoms with E-state index in [0.717, 1.165) is 6.08 Å². The van der Waals surface area contributed by atoms with Gasteiger partial charge in [-0.25, -0.2) is 4.79 Å². The van der Waals surface area contributed by atoms with Crippen molar-refractivity contribution in [2.75, 3.05) is 13.1 Å². The van der Waals surface area contributed by atoms with Crippen molar-refractivity contribution < 1.29 is 24.2 Å². The third-order valence-corrected chi connectivity index (χ3v) is 5.26. The highest BCUT2D eigenvalue weighted by atomic mass is 16.5. The Morgan fingerprint density at radius 2 is 1.79 bits per heavy atom. The van der Waals surface area contributed by atoms with Crippen molar-refractivity contribution in [2.45, 2.75) is 18.4 Å². The van der Waals surface area contributed by atoms with Crippen LogP contribution in [-0.4, -0.2) is 46.4 Å². The number of hydrogen-bond donors (Lipinski definition) is 1. The van der Waals surface area contributed by atoms with Crippen LogP contribution in [0.2, 0.25) is 0 Å². The third-order valence-electron chi connectivity index (χ3n) is 5.26. The molecule has 28 heavy (non-hydrogen) atoms. The standard InChI is InChI=1S/C22H19NO5/c24-19(25)9-7-15-6-8-18-17(14-15)20(26)22(28-18)10-12-23(13-11-22)21(27)16-4-2-1-3-5-16/h1-9,14H,10-13H2,(H,24,25)/b9-7+. The molecule has 142 valence electrons. The summed E-state index contributed by atoms with van der Waals surface area (Å²) in [6.45, 7) is 0.887. The highest BCUT2D eigenvalue weighted by molar-refractivity contribution is 6.08. The Kier molecular flexibility index (Phi) is 4.47. The molecule has 1 fully saturated rings. The number of carboxylic acids is 1. The summed E-state index contributed by atoms with van der Waals surface area (Å²) in [4.78, 5) is 38.1. The lowest BCUT2D eigenvalue weighted by atomic mass is 9.85. The van der Waals surface area contributed by atoms with Gasteiger partial charge in [0.25, 0.3) is 5.91 Å². The first-order chi connectivity index (χ1) is 13.5. The average Bonchev–Trinajstić information content (AvgIpc) is 2.98. The number of nitrogens with zero attached hydrogens (tertiary/aromatic N) is 1. The Bertz CT molecular complexity index is 972. The number of carbonyl (C=O) groups excluding carboxylic acids is 2. The van der Waals surface area contributed by atoms with Crippen LogP contribution in [0.3, 0.4) is 0 Å². The van der Waals surface area contributed by atoms with E-state index in [-0.39, 0.29) is 11.7 Å². The summed E-state index contributed by atoms with van der Waals surface area (Å²) in [7, 11) is 0. The first-order valence-corrected chi connectivity index (χ1v) is 9.12. The zero-order valence-corrected chi connectivity index (χ0v) is 15.1. The van der Waals surface area contributed by atoms with Crippen LogP contribution in [0.25, 0.3) is 6.08 Å². The fraction of sp³-hybridized carbons (Fsp3) is 0.227. The number of carbonyl (C=O) groups is 3. The van der Waals surface area contributed by atoms with Crippen molar-refractivity contribution in [3.8, 4) is 5.75 Å². The minimum atomic E-state index is -1.05. The number of amides is 1. The van der Waals surface area contributed by atoms with Gasteiger partial charge in [0, 0.05) is 37.6 Å². The zero-order chi connectivity index (χ0) is 19.7. The predicted octanol–water partition coefficient (Wildman–Crippen LogP) is 3.03. The Morgan fingerprint density at radius 1 is 1.07 bits per heavy atom. The van der Waals surface area contributed by atoms with Crippen molar-refractivity contribution >= 4 is 23.7 Å². The number of Topliss-reactive ketones (excluding diaryl/α,β-unsaturated/α-hetero) is 1. The molecule has 2 aliphatic heterocycles.